The zero-order valence-corrected chi connectivity index (χ0v) is 7.94. The standard InChI is InChI=1S/C8H8NO2.Pd/c1-6(9-11)7-2-4-8(10)5-3-7;/h2,4-5,10-11H,1H3;/q-1;. The molecule has 3 nitrogen and oxygen atoms in total. The molecule has 0 radical (unpaired) electrons. The number of rotatable bonds is 1. The predicted octanol–water partition coefficient (Wildman–Crippen LogP) is 1.39. The zero-order valence-electron chi connectivity index (χ0n) is 6.39. The van der Waals surface area contributed by atoms with Crippen molar-refractivity contribution in [1.29, 1.82) is 0 Å². The molecule has 4 heteroatoms. The van der Waals surface area contributed by atoms with Crippen molar-refractivity contribution in [2.75, 3.05) is 0 Å². The van der Waals surface area contributed by atoms with E-state index < -0.39 is 0 Å². The third-order valence-electron chi connectivity index (χ3n) is 1.34. The molecule has 0 spiro atoms. The van der Waals surface area contributed by atoms with Crippen LogP contribution in [0.1, 0.15) is 12.5 Å². The van der Waals surface area contributed by atoms with Crippen LogP contribution in [0.5, 0.6) is 5.75 Å². The van der Waals surface area contributed by atoms with E-state index >= 15 is 0 Å². The van der Waals surface area contributed by atoms with Crippen LogP contribution < -0.4 is 0 Å². The fourth-order valence-corrected chi connectivity index (χ4v) is 0.696. The van der Waals surface area contributed by atoms with Crippen molar-refractivity contribution in [2.45, 2.75) is 6.92 Å². The maximum atomic E-state index is 8.88. The molecule has 0 unspecified atom stereocenters. The van der Waals surface area contributed by atoms with Gasteiger partial charge in [-0.25, -0.2) is 0 Å². The Labute approximate surface area is 84.4 Å². The number of benzene rings is 1. The van der Waals surface area contributed by atoms with Crippen LogP contribution in [0.2, 0.25) is 0 Å². The van der Waals surface area contributed by atoms with E-state index in [0.717, 1.165) is 0 Å². The second-order valence-electron chi connectivity index (χ2n) is 2.15. The Kier molecular flexibility index (Phi) is 4.57. The van der Waals surface area contributed by atoms with E-state index in [4.69, 9.17) is 10.3 Å². The molecule has 0 saturated heterocycles. The normalized spacial score (nSPS) is 10.6. The van der Waals surface area contributed by atoms with Gasteiger partial charge in [0.2, 0.25) is 0 Å². The van der Waals surface area contributed by atoms with E-state index in [0.29, 0.717) is 11.3 Å². The molecule has 0 heterocycles. The average Bonchev–Trinajstić information content (AvgIpc) is 2.05. The van der Waals surface area contributed by atoms with Gasteiger partial charge in [0.1, 0.15) is 0 Å². The quantitative estimate of drug-likeness (QED) is 0.262. The average molecular weight is 257 g/mol. The smallest absolute Gasteiger partial charge is 0.0319 e. The van der Waals surface area contributed by atoms with Gasteiger partial charge in [-0.15, -0.1) is 35.0 Å². The maximum absolute atomic E-state index is 8.88. The Morgan fingerprint density at radius 3 is 2.58 bits per heavy atom. The van der Waals surface area contributed by atoms with Crippen molar-refractivity contribution in [1.82, 2.24) is 0 Å². The van der Waals surface area contributed by atoms with Crippen molar-refractivity contribution < 1.29 is 30.7 Å². The van der Waals surface area contributed by atoms with Gasteiger partial charge >= 0.3 is 0 Å². The fourth-order valence-electron chi connectivity index (χ4n) is 0.696. The van der Waals surface area contributed by atoms with Crippen LogP contribution in [0.15, 0.2) is 23.4 Å². The molecular formula is C8H8NO2Pd-. The molecular weight excluding hydrogens is 249 g/mol. The second-order valence-corrected chi connectivity index (χ2v) is 2.15. The first-order chi connectivity index (χ1) is 5.24. The molecule has 0 aliphatic heterocycles. The summed E-state index contributed by atoms with van der Waals surface area (Å²) in [6.45, 7) is 1.66. The van der Waals surface area contributed by atoms with Gasteiger partial charge < -0.3 is 10.3 Å². The van der Waals surface area contributed by atoms with Crippen LogP contribution >= 0.6 is 0 Å². The Balaban J connectivity index is 0.00000121. The topological polar surface area (TPSA) is 52.8 Å². The molecule has 68 valence electrons. The maximum Gasteiger partial charge on any atom is 0.0319 e. The molecule has 0 saturated carbocycles. The number of nitrogens with zero attached hydrogens (tertiary/aromatic N) is 1. The van der Waals surface area contributed by atoms with E-state index in [2.05, 4.69) is 11.2 Å². The first-order valence-electron chi connectivity index (χ1n) is 3.14. The van der Waals surface area contributed by atoms with E-state index in [1.807, 2.05) is 0 Å². The van der Waals surface area contributed by atoms with Crippen LogP contribution in [0.25, 0.3) is 0 Å². The Morgan fingerprint density at radius 2 is 2.17 bits per heavy atom. The molecule has 0 bridgehead atoms. The molecule has 0 aliphatic carbocycles. The third-order valence-corrected chi connectivity index (χ3v) is 1.34. The predicted molar refractivity (Wildman–Crippen MR) is 40.9 cm³/mol. The molecule has 0 amide bonds. The largest absolute Gasteiger partial charge is 0.551 e. The number of phenolic OH excluding ortho intramolecular Hbond substituents is 1. The molecule has 0 fully saturated rings. The minimum atomic E-state index is 0. The summed E-state index contributed by atoms with van der Waals surface area (Å²) in [6, 6.07) is 7.31. The summed E-state index contributed by atoms with van der Waals surface area (Å²) in [5.74, 6) is 0.152. The fraction of sp³-hybridized carbons (Fsp3) is 0.125. The monoisotopic (exact) mass is 256 g/mol. The molecule has 0 aromatic heterocycles. The van der Waals surface area contributed by atoms with Crippen LogP contribution in [-0.4, -0.2) is 16.0 Å². The summed E-state index contributed by atoms with van der Waals surface area (Å²) >= 11 is 0. The van der Waals surface area contributed by atoms with Gasteiger partial charge in [0.15, 0.2) is 0 Å². The van der Waals surface area contributed by atoms with Crippen LogP contribution in [0.4, 0.5) is 0 Å². The molecule has 12 heavy (non-hydrogen) atoms. The molecule has 0 atom stereocenters. The first kappa shape index (κ1) is 11.2. The van der Waals surface area contributed by atoms with Crippen molar-refractivity contribution in [3.05, 3.63) is 29.8 Å². The van der Waals surface area contributed by atoms with Gasteiger partial charge in [0.25, 0.3) is 0 Å². The van der Waals surface area contributed by atoms with E-state index in [1.54, 1.807) is 13.0 Å². The number of phenols is 1. The number of hydrogen-bond donors (Lipinski definition) is 2. The zero-order chi connectivity index (χ0) is 8.27. The summed E-state index contributed by atoms with van der Waals surface area (Å²) < 4.78 is 0. The van der Waals surface area contributed by atoms with Crippen LogP contribution in [-0.2, 0) is 20.4 Å². The summed E-state index contributed by atoms with van der Waals surface area (Å²) in [6.07, 6.45) is 0. The Hall–Kier alpha value is -0.848. The van der Waals surface area contributed by atoms with E-state index in [9.17, 15) is 0 Å². The first-order valence-corrected chi connectivity index (χ1v) is 3.14. The van der Waals surface area contributed by atoms with Gasteiger partial charge in [-0.1, -0.05) is 6.92 Å². The van der Waals surface area contributed by atoms with Crippen LogP contribution in [0.3, 0.4) is 0 Å². The summed E-state index contributed by atoms with van der Waals surface area (Å²) in [4.78, 5) is 0. The minimum absolute atomic E-state index is 0. The summed E-state index contributed by atoms with van der Waals surface area (Å²) in [5.41, 5.74) is 1.15. The van der Waals surface area contributed by atoms with Gasteiger partial charge in [0.05, 0.1) is 0 Å². The SMILES string of the molecule is CC(=NO)c1[c-]cc(O)cc1.[Pd]. The van der Waals surface area contributed by atoms with Gasteiger partial charge in [-0.3, -0.25) is 0 Å². The minimum Gasteiger partial charge on any atom is -0.551 e. The number of hydrogen-bond acceptors (Lipinski definition) is 3. The number of oxime groups is 1. The van der Waals surface area contributed by atoms with Crippen molar-refractivity contribution in [2.24, 2.45) is 5.16 Å². The molecule has 1 aromatic rings. The second kappa shape index (κ2) is 4.92. The molecule has 2 N–H and O–H groups in total. The van der Waals surface area contributed by atoms with Crippen LogP contribution in [0, 0.1) is 6.07 Å². The van der Waals surface area contributed by atoms with Gasteiger partial charge in [0, 0.05) is 31.9 Å². The van der Waals surface area contributed by atoms with Gasteiger partial charge in [-0.05, 0) is 0 Å². The Bertz CT molecular complexity index is 269. The molecule has 1 aromatic carbocycles. The van der Waals surface area contributed by atoms with Crippen molar-refractivity contribution in [3.63, 3.8) is 0 Å². The van der Waals surface area contributed by atoms with E-state index in [1.165, 1.54) is 12.1 Å². The number of aromatic hydroxyl groups is 1. The van der Waals surface area contributed by atoms with Crippen molar-refractivity contribution in [3.8, 4) is 5.75 Å². The molecule has 0 aliphatic rings. The Morgan fingerprint density at radius 1 is 1.50 bits per heavy atom. The van der Waals surface area contributed by atoms with Crippen molar-refractivity contribution >= 4 is 5.71 Å². The van der Waals surface area contributed by atoms with E-state index in [-0.39, 0.29) is 26.2 Å². The molecule has 1 rings (SSSR count). The third kappa shape index (κ3) is 2.65. The summed E-state index contributed by atoms with van der Waals surface area (Å²) in [7, 11) is 0. The summed E-state index contributed by atoms with van der Waals surface area (Å²) in [5, 5.41) is 20.2. The van der Waals surface area contributed by atoms with Gasteiger partial charge in [-0.2, -0.15) is 0 Å².